The van der Waals surface area contributed by atoms with E-state index in [1.165, 1.54) is 17.9 Å². The molecule has 1 heterocycles. The normalized spacial score (nSPS) is 29.6. The van der Waals surface area contributed by atoms with Crippen LogP contribution in [0.2, 0.25) is 0 Å². The van der Waals surface area contributed by atoms with Crippen molar-refractivity contribution in [1.82, 2.24) is 0 Å². The van der Waals surface area contributed by atoms with Crippen LogP contribution in [0.3, 0.4) is 0 Å². The maximum absolute atomic E-state index is 4.02. The zero-order chi connectivity index (χ0) is 5.98. The highest BCUT2D eigenvalue weighted by Crippen LogP contribution is 2.20. The van der Waals surface area contributed by atoms with Crippen molar-refractivity contribution in [3.63, 3.8) is 0 Å². The molecule has 0 fully saturated rings. The fourth-order valence-corrected chi connectivity index (χ4v) is 2.05. The molecule has 1 unspecified atom stereocenters. The van der Waals surface area contributed by atoms with E-state index in [0.717, 1.165) is 0 Å². The van der Waals surface area contributed by atoms with Crippen LogP contribution in [0.5, 0.6) is 0 Å². The smallest absolute Gasteiger partial charge is 0.00603 e. The molecule has 0 saturated heterocycles. The molecule has 0 aromatic heterocycles. The molecule has 46 valence electrons. The van der Waals surface area contributed by atoms with E-state index in [1.807, 2.05) is 0 Å². The lowest BCUT2D eigenvalue weighted by molar-refractivity contribution is 1.09. The van der Waals surface area contributed by atoms with Gasteiger partial charge in [0.05, 0.1) is 0 Å². The zero-order valence-electron chi connectivity index (χ0n) is 5.31. The van der Waals surface area contributed by atoms with Gasteiger partial charge in [-0.3, -0.25) is 0 Å². The zero-order valence-corrected chi connectivity index (χ0v) is 6.13. The van der Waals surface area contributed by atoms with E-state index >= 15 is 0 Å². The molecular formula is C7H12S. The number of rotatable bonds is 0. The molecule has 1 aliphatic rings. The third-order valence-electron chi connectivity index (χ3n) is 1.45. The average molecular weight is 128 g/mol. The number of hydrogen-bond acceptors (Lipinski definition) is 0. The first-order chi connectivity index (χ1) is 3.79. The molecule has 0 spiro atoms. The third-order valence-corrected chi connectivity index (χ3v) is 2.87. The molecule has 0 aromatic carbocycles. The summed E-state index contributed by atoms with van der Waals surface area (Å²) in [5.41, 5.74) is 1.55. The molecule has 1 aliphatic heterocycles. The van der Waals surface area contributed by atoms with Gasteiger partial charge in [0.2, 0.25) is 0 Å². The predicted molar refractivity (Wildman–Crippen MR) is 42.8 cm³/mol. The highest BCUT2D eigenvalue weighted by atomic mass is 32.2. The van der Waals surface area contributed by atoms with Crippen LogP contribution in [0.4, 0.5) is 0 Å². The SMILES string of the molecule is C=S1CC=C(C)CC1. The lowest BCUT2D eigenvalue weighted by atomic mass is 10.2. The minimum Gasteiger partial charge on any atom is -0.189 e. The van der Waals surface area contributed by atoms with Crippen LogP contribution in [0.15, 0.2) is 11.6 Å². The molecule has 0 amide bonds. The van der Waals surface area contributed by atoms with Gasteiger partial charge in [0, 0.05) is 5.75 Å². The van der Waals surface area contributed by atoms with Crippen molar-refractivity contribution in [3.05, 3.63) is 11.6 Å². The van der Waals surface area contributed by atoms with E-state index in [2.05, 4.69) is 18.9 Å². The topological polar surface area (TPSA) is 0 Å². The minimum absolute atomic E-state index is 0.463. The fraction of sp³-hybridized carbons (Fsp3) is 0.571. The summed E-state index contributed by atoms with van der Waals surface area (Å²) in [4.78, 5) is 0. The van der Waals surface area contributed by atoms with Crippen LogP contribution in [-0.2, 0) is 0 Å². The Morgan fingerprint density at radius 3 is 2.88 bits per heavy atom. The first-order valence-electron chi connectivity index (χ1n) is 2.92. The molecular weight excluding hydrogens is 116 g/mol. The van der Waals surface area contributed by atoms with Crippen LogP contribution < -0.4 is 0 Å². The second kappa shape index (κ2) is 2.49. The second-order valence-electron chi connectivity index (χ2n) is 2.28. The molecule has 0 nitrogen and oxygen atoms in total. The first-order valence-corrected chi connectivity index (χ1v) is 4.65. The Hall–Kier alpha value is -0.0400. The van der Waals surface area contributed by atoms with E-state index in [9.17, 15) is 0 Å². The summed E-state index contributed by atoms with van der Waals surface area (Å²) in [6.45, 7) is 2.20. The molecule has 0 bridgehead atoms. The highest BCUT2D eigenvalue weighted by Gasteiger charge is 1.98. The van der Waals surface area contributed by atoms with E-state index in [1.54, 1.807) is 5.57 Å². The van der Waals surface area contributed by atoms with E-state index in [0.29, 0.717) is 10.5 Å². The van der Waals surface area contributed by atoms with Crippen LogP contribution in [0, 0.1) is 0 Å². The molecule has 8 heavy (non-hydrogen) atoms. The molecule has 0 aliphatic carbocycles. The summed E-state index contributed by atoms with van der Waals surface area (Å²) < 4.78 is 0. The summed E-state index contributed by atoms with van der Waals surface area (Å²) in [5, 5.41) is 0. The van der Waals surface area contributed by atoms with Gasteiger partial charge in [0.15, 0.2) is 0 Å². The van der Waals surface area contributed by atoms with Gasteiger partial charge in [0.1, 0.15) is 0 Å². The summed E-state index contributed by atoms with van der Waals surface area (Å²) in [6.07, 6.45) is 3.60. The Morgan fingerprint density at radius 1 is 1.75 bits per heavy atom. The van der Waals surface area contributed by atoms with Crippen LogP contribution in [-0.4, -0.2) is 17.4 Å². The number of allylic oxidation sites excluding steroid dienone is 1. The maximum atomic E-state index is 4.02. The van der Waals surface area contributed by atoms with Crippen molar-refractivity contribution in [2.24, 2.45) is 0 Å². The lowest BCUT2D eigenvalue weighted by Gasteiger charge is -2.11. The molecule has 0 aromatic rings. The second-order valence-corrected chi connectivity index (χ2v) is 4.25. The molecule has 0 radical (unpaired) electrons. The van der Waals surface area contributed by atoms with Gasteiger partial charge in [-0.2, -0.15) is 10.5 Å². The maximum Gasteiger partial charge on any atom is 0.00603 e. The van der Waals surface area contributed by atoms with Gasteiger partial charge in [-0.15, -0.1) is 0 Å². The van der Waals surface area contributed by atoms with Crippen molar-refractivity contribution in [1.29, 1.82) is 0 Å². The Bertz CT molecular complexity index is 133. The fourth-order valence-electron chi connectivity index (χ4n) is 0.751. The van der Waals surface area contributed by atoms with Gasteiger partial charge in [-0.05, 0) is 19.1 Å². The quantitative estimate of drug-likeness (QED) is 0.346. The van der Waals surface area contributed by atoms with Crippen molar-refractivity contribution in [2.45, 2.75) is 13.3 Å². The molecule has 0 saturated carbocycles. The van der Waals surface area contributed by atoms with Crippen LogP contribution in [0.1, 0.15) is 13.3 Å². The monoisotopic (exact) mass is 128 g/mol. The van der Waals surface area contributed by atoms with Crippen LogP contribution >= 0.6 is 10.5 Å². The summed E-state index contributed by atoms with van der Waals surface area (Å²) >= 11 is 0. The Kier molecular flexibility index (Phi) is 1.90. The highest BCUT2D eigenvalue weighted by molar-refractivity contribution is 8.14. The largest absolute Gasteiger partial charge is 0.189 e. The summed E-state index contributed by atoms with van der Waals surface area (Å²) in [7, 11) is 0.463. The Labute approximate surface area is 53.5 Å². The summed E-state index contributed by atoms with van der Waals surface area (Å²) in [6, 6.07) is 0. The van der Waals surface area contributed by atoms with Crippen molar-refractivity contribution in [3.8, 4) is 0 Å². The van der Waals surface area contributed by atoms with Gasteiger partial charge in [-0.25, -0.2) is 0 Å². The molecule has 0 N–H and O–H groups in total. The first kappa shape index (κ1) is 6.09. The third kappa shape index (κ3) is 1.48. The average Bonchev–Trinajstić information content (AvgIpc) is 1.77. The molecule has 1 heteroatoms. The van der Waals surface area contributed by atoms with Gasteiger partial charge < -0.3 is 0 Å². The molecule has 1 rings (SSSR count). The van der Waals surface area contributed by atoms with Gasteiger partial charge in [-0.1, -0.05) is 17.5 Å². The molecule has 1 atom stereocenters. The summed E-state index contributed by atoms with van der Waals surface area (Å²) in [5.74, 6) is 6.56. The van der Waals surface area contributed by atoms with Crippen LogP contribution in [0.25, 0.3) is 0 Å². The van der Waals surface area contributed by atoms with Gasteiger partial charge in [0.25, 0.3) is 0 Å². The number of hydrogen-bond donors (Lipinski definition) is 0. The standard InChI is InChI=1S/C7H12S/c1-7-3-5-8(2)6-4-7/h3H,2,4-6H2,1H3. The minimum atomic E-state index is 0.463. The lowest BCUT2D eigenvalue weighted by Crippen LogP contribution is -1.94. The Morgan fingerprint density at radius 2 is 2.50 bits per heavy atom. The Balaban J connectivity index is 2.55. The predicted octanol–water partition coefficient (Wildman–Crippen LogP) is 2.04. The van der Waals surface area contributed by atoms with Crippen molar-refractivity contribution in [2.75, 3.05) is 11.5 Å². The van der Waals surface area contributed by atoms with E-state index in [-0.39, 0.29) is 0 Å². The van der Waals surface area contributed by atoms with Crippen molar-refractivity contribution < 1.29 is 0 Å². The van der Waals surface area contributed by atoms with Gasteiger partial charge >= 0.3 is 0 Å². The van der Waals surface area contributed by atoms with Crippen molar-refractivity contribution >= 4 is 16.4 Å². The van der Waals surface area contributed by atoms with E-state index in [4.69, 9.17) is 0 Å². The van der Waals surface area contributed by atoms with E-state index < -0.39 is 0 Å².